The zero-order valence-corrected chi connectivity index (χ0v) is 17.7. The number of rotatable bonds is 8. The number of hydrogen-bond donors (Lipinski definition) is 2. The van der Waals surface area contributed by atoms with Crippen molar-refractivity contribution in [2.24, 2.45) is 5.73 Å². The average molecular weight is 430 g/mol. The molecule has 0 saturated heterocycles. The molecule has 0 unspecified atom stereocenters. The molecule has 0 radical (unpaired) electrons. The average Bonchev–Trinajstić information content (AvgIpc) is 3.07. The number of aromatic nitrogens is 2. The lowest BCUT2D eigenvalue weighted by Gasteiger charge is -2.10. The smallest absolute Gasteiger partial charge is 0.262 e. The summed E-state index contributed by atoms with van der Waals surface area (Å²) in [7, 11) is 3.13. The lowest BCUT2D eigenvalue weighted by Crippen LogP contribution is -2.33. The van der Waals surface area contributed by atoms with Gasteiger partial charge in [0.05, 0.1) is 30.8 Å². The lowest BCUT2D eigenvalue weighted by molar-refractivity contribution is -0.121. The molecular weight excluding hydrogens is 408 g/mol. The maximum absolute atomic E-state index is 12.7. The predicted octanol–water partition coefficient (Wildman–Crippen LogP) is 1.24. The van der Waals surface area contributed by atoms with Gasteiger partial charge in [-0.15, -0.1) is 11.3 Å². The molecule has 0 spiro atoms. The Morgan fingerprint density at radius 1 is 1.23 bits per heavy atom. The second-order valence-corrected chi connectivity index (χ2v) is 7.57. The molecule has 0 saturated carbocycles. The van der Waals surface area contributed by atoms with Crippen LogP contribution in [0.1, 0.15) is 20.8 Å². The molecule has 10 heteroatoms. The Bertz CT molecular complexity index is 1170. The van der Waals surface area contributed by atoms with Crippen LogP contribution in [0.15, 0.2) is 29.3 Å². The van der Waals surface area contributed by atoms with Gasteiger partial charge in [0.1, 0.15) is 11.4 Å². The highest BCUT2D eigenvalue weighted by atomic mass is 32.1. The monoisotopic (exact) mass is 430 g/mol. The van der Waals surface area contributed by atoms with Crippen molar-refractivity contribution in [1.29, 1.82) is 0 Å². The molecule has 3 rings (SSSR count). The van der Waals surface area contributed by atoms with Crippen LogP contribution < -0.4 is 26.1 Å². The van der Waals surface area contributed by atoms with Crippen LogP contribution in [0.2, 0.25) is 0 Å². The molecular formula is C20H22N4O5S. The minimum absolute atomic E-state index is 0.172. The third-order valence-electron chi connectivity index (χ3n) is 4.64. The first-order valence-corrected chi connectivity index (χ1v) is 9.93. The number of nitrogens with one attached hydrogen (secondary N) is 1. The number of primary amides is 1. The van der Waals surface area contributed by atoms with E-state index in [0.717, 1.165) is 16.9 Å². The fourth-order valence-corrected chi connectivity index (χ4v) is 4.09. The van der Waals surface area contributed by atoms with E-state index in [0.29, 0.717) is 45.1 Å². The number of amides is 2. The van der Waals surface area contributed by atoms with E-state index in [2.05, 4.69) is 10.3 Å². The van der Waals surface area contributed by atoms with E-state index in [1.54, 1.807) is 27.2 Å². The molecule has 2 heterocycles. The molecule has 0 atom stereocenters. The van der Waals surface area contributed by atoms with Crippen LogP contribution in [-0.2, 0) is 17.8 Å². The second-order valence-electron chi connectivity index (χ2n) is 6.57. The number of thiophene rings is 1. The number of benzene rings is 1. The largest absolute Gasteiger partial charge is 0.493 e. The summed E-state index contributed by atoms with van der Waals surface area (Å²) < 4.78 is 11.7. The summed E-state index contributed by atoms with van der Waals surface area (Å²) in [5, 5.41) is 3.10. The molecule has 0 bridgehead atoms. The van der Waals surface area contributed by atoms with Crippen LogP contribution >= 0.6 is 11.3 Å². The topological polar surface area (TPSA) is 126 Å². The van der Waals surface area contributed by atoms with Gasteiger partial charge >= 0.3 is 0 Å². The fourth-order valence-electron chi connectivity index (χ4n) is 3.10. The van der Waals surface area contributed by atoms with Crippen molar-refractivity contribution in [2.75, 3.05) is 20.8 Å². The molecule has 2 aromatic heterocycles. The van der Waals surface area contributed by atoms with Gasteiger partial charge in [-0.05, 0) is 36.6 Å². The van der Waals surface area contributed by atoms with Crippen molar-refractivity contribution in [3.05, 3.63) is 50.9 Å². The SMILES string of the molecule is COc1ccc(CCNC(=O)Cn2cnc3sc(C(N)=O)c(C)c3c2=O)cc1OC. The molecule has 3 aromatic rings. The van der Waals surface area contributed by atoms with E-state index in [4.69, 9.17) is 15.2 Å². The van der Waals surface area contributed by atoms with Crippen molar-refractivity contribution < 1.29 is 19.1 Å². The van der Waals surface area contributed by atoms with Crippen molar-refractivity contribution in [3.8, 4) is 11.5 Å². The van der Waals surface area contributed by atoms with Crippen LogP contribution in [0.25, 0.3) is 10.2 Å². The molecule has 0 aliphatic heterocycles. The summed E-state index contributed by atoms with van der Waals surface area (Å²) in [6.07, 6.45) is 1.89. The zero-order chi connectivity index (χ0) is 21.8. The first-order chi connectivity index (χ1) is 14.3. The molecule has 0 aliphatic rings. The van der Waals surface area contributed by atoms with Crippen molar-refractivity contribution in [3.63, 3.8) is 0 Å². The Morgan fingerprint density at radius 2 is 1.97 bits per heavy atom. The van der Waals surface area contributed by atoms with Gasteiger partial charge in [-0.3, -0.25) is 19.0 Å². The highest BCUT2D eigenvalue weighted by molar-refractivity contribution is 7.20. The van der Waals surface area contributed by atoms with E-state index < -0.39 is 5.91 Å². The maximum Gasteiger partial charge on any atom is 0.262 e. The van der Waals surface area contributed by atoms with Gasteiger partial charge in [0.25, 0.3) is 11.5 Å². The van der Waals surface area contributed by atoms with Crippen LogP contribution in [-0.4, -0.2) is 42.1 Å². The molecule has 2 amide bonds. The Hall–Kier alpha value is -3.40. The summed E-state index contributed by atoms with van der Waals surface area (Å²) in [6, 6.07) is 5.55. The Morgan fingerprint density at radius 3 is 2.63 bits per heavy atom. The standard InChI is InChI=1S/C20H22N4O5S/c1-11-16-19(30-17(11)18(21)26)23-10-24(20(16)27)9-15(25)22-7-6-12-4-5-13(28-2)14(8-12)29-3/h4-5,8,10H,6-7,9H2,1-3H3,(H2,21,26)(H,22,25). The second kappa shape index (κ2) is 8.95. The summed E-state index contributed by atoms with van der Waals surface area (Å²) in [6.45, 7) is 1.87. The van der Waals surface area contributed by atoms with Gasteiger partial charge in [0.2, 0.25) is 5.91 Å². The molecule has 3 N–H and O–H groups in total. The number of aryl methyl sites for hydroxylation is 1. The first kappa shape index (κ1) is 21.3. The molecule has 0 fully saturated rings. The number of fused-ring (bicyclic) bond motifs is 1. The minimum Gasteiger partial charge on any atom is -0.493 e. The number of ether oxygens (including phenoxy) is 2. The summed E-state index contributed by atoms with van der Waals surface area (Å²) in [4.78, 5) is 41.4. The molecule has 9 nitrogen and oxygen atoms in total. The van der Waals surface area contributed by atoms with Crippen molar-refractivity contribution in [2.45, 2.75) is 19.9 Å². The number of nitrogens with two attached hydrogens (primary N) is 1. The molecule has 0 aliphatic carbocycles. The van der Waals surface area contributed by atoms with Gasteiger partial charge in [0, 0.05) is 6.54 Å². The van der Waals surface area contributed by atoms with E-state index >= 15 is 0 Å². The summed E-state index contributed by atoms with van der Waals surface area (Å²) in [5.74, 6) is 0.334. The quantitative estimate of drug-likeness (QED) is 0.554. The van der Waals surface area contributed by atoms with E-state index in [1.807, 2.05) is 12.1 Å². The van der Waals surface area contributed by atoms with Gasteiger partial charge < -0.3 is 20.5 Å². The lowest BCUT2D eigenvalue weighted by atomic mass is 10.1. The van der Waals surface area contributed by atoms with E-state index in [9.17, 15) is 14.4 Å². The van der Waals surface area contributed by atoms with Crippen LogP contribution in [0, 0.1) is 6.92 Å². The normalized spacial score (nSPS) is 10.8. The Kier molecular flexibility index (Phi) is 6.36. The van der Waals surface area contributed by atoms with Gasteiger partial charge in [-0.2, -0.15) is 0 Å². The third kappa shape index (κ3) is 4.28. The van der Waals surface area contributed by atoms with E-state index in [1.165, 1.54) is 10.9 Å². The molecule has 1 aromatic carbocycles. The van der Waals surface area contributed by atoms with Gasteiger partial charge in [-0.1, -0.05) is 6.07 Å². The van der Waals surface area contributed by atoms with Crippen LogP contribution in [0.5, 0.6) is 11.5 Å². The first-order valence-electron chi connectivity index (χ1n) is 9.11. The number of carbonyl (C=O) groups excluding carboxylic acids is 2. The Balaban J connectivity index is 1.66. The Labute approximate surface area is 176 Å². The molecule has 158 valence electrons. The fraction of sp³-hybridized carbons (Fsp3) is 0.300. The number of methoxy groups -OCH3 is 2. The summed E-state index contributed by atoms with van der Waals surface area (Å²) >= 11 is 1.07. The number of hydrogen-bond acceptors (Lipinski definition) is 7. The predicted molar refractivity (Wildman–Crippen MR) is 113 cm³/mol. The summed E-state index contributed by atoms with van der Waals surface area (Å²) in [5.41, 5.74) is 6.42. The number of carbonyl (C=O) groups is 2. The van der Waals surface area contributed by atoms with Gasteiger partial charge in [-0.25, -0.2) is 4.98 Å². The highest BCUT2D eigenvalue weighted by Crippen LogP contribution is 2.28. The van der Waals surface area contributed by atoms with Crippen LogP contribution in [0.4, 0.5) is 0 Å². The minimum atomic E-state index is -0.602. The van der Waals surface area contributed by atoms with Gasteiger partial charge in [0.15, 0.2) is 11.5 Å². The highest BCUT2D eigenvalue weighted by Gasteiger charge is 2.18. The maximum atomic E-state index is 12.7. The molecule has 30 heavy (non-hydrogen) atoms. The van der Waals surface area contributed by atoms with Crippen molar-refractivity contribution in [1.82, 2.24) is 14.9 Å². The van der Waals surface area contributed by atoms with Crippen molar-refractivity contribution >= 4 is 33.4 Å². The van der Waals surface area contributed by atoms with Crippen LogP contribution in [0.3, 0.4) is 0 Å². The third-order valence-corrected chi connectivity index (χ3v) is 5.85. The van der Waals surface area contributed by atoms with E-state index in [-0.39, 0.29) is 18.0 Å². The zero-order valence-electron chi connectivity index (χ0n) is 16.9. The number of nitrogens with zero attached hydrogens (tertiary/aromatic N) is 2.